The van der Waals surface area contributed by atoms with E-state index >= 15 is 0 Å². The summed E-state index contributed by atoms with van der Waals surface area (Å²) in [5, 5.41) is 9.89. The van der Waals surface area contributed by atoms with Crippen molar-refractivity contribution in [2.24, 2.45) is 5.92 Å². The molecule has 0 aliphatic heterocycles. The maximum Gasteiger partial charge on any atom is 0.0681 e. The van der Waals surface area contributed by atoms with Crippen molar-refractivity contribution in [3.8, 4) is 0 Å². The Morgan fingerprint density at radius 3 is 2.32 bits per heavy atom. The van der Waals surface area contributed by atoms with Crippen molar-refractivity contribution < 1.29 is 9.32 Å². The molecule has 0 saturated carbocycles. The third-order valence-electron chi connectivity index (χ3n) is 3.48. The highest BCUT2D eigenvalue weighted by Gasteiger charge is 2.19. The molecule has 1 N–H and O–H groups in total. The highest BCUT2D eigenvalue weighted by molar-refractivity contribution is 7.85. The Balaban J connectivity index is 2.97. The van der Waals surface area contributed by atoms with Crippen molar-refractivity contribution in [3.63, 3.8) is 0 Å². The molecule has 108 valence electrons. The fraction of sp³-hybridized carbons (Fsp3) is 0.600. The minimum Gasteiger partial charge on any atom is -0.392 e. The van der Waals surface area contributed by atoms with Crippen LogP contribution in [0, 0.1) is 5.92 Å². The minimum atomic E-state index is -1.16. The van der Waals surface area contributed by atoms with E-state index in [4.69, 9.17) is 0 Å². The van der Waals surface area contributed by atoms with Crippen molar-refractivity contribution in [2.45, 2.75) is 37.8 Å². The zero-order chi connectivity index (χ0) is 14.6. The SMILES string of the molecule is CC(C)[C@@H](O)C[S@](=O)c1ccccc1[C@@H](C)N(C)C. The monoisotopic (exact) mass is 283 g/mol. The molecule has 0 radical (unpaired) electrons. The number of rotatable bonds is 6. The molecule has 0 unspecified atom stereocenters. The lowest BCUT2D eigenvalue weighted by Gasteiger charge is -2.23. The van der Waals surface area contributed by atoms with Crippen LogP contribution in [0.1, 0.15) is 32.4 Å². The normalized spacial score (nSPS) is 16.6. The summed E-state index contributed by atoms with van der Waals surface area (Å²) in [6, 6.07) is 7.99. The smallest absolute Gasteiger partial charge is 0.0681 e. The number of aliphatic hydroxyl groups excluding tert-OH is 1. The summed E-state index contributed by atoms with van der Waals surface area (Å²) in [7, 11) is 2.86. The van der Waals surface area contributed by atoms with E-state index in [-0.39, 0.29) is 12.0 Å². The molecule has 3 atom stereocenters. The van der Waals surface area contributed by atoms with Gasteiger partial charge in [-0.2, -0.15) is 0 Å². The average Bonchev–Trinajstić information content (AvgIpc) is 2.37. The number of hydrogen-bond acceptors (Lipinski definition) is 3. The number of nitrogens with zero attached hydrogens (tertiary/aromatic N) is 1. The Labute approximate surface area is 119 Å². The van der Waals surface area contributed by atoms with Crippen molar-refractivity contribution in [3.05, 3.63) is 29.8 Å². The summed E-state index contributed by atoms with van der Waals surface area (Å²) >= 11 is 0. The van der Waals surface area contributed by atoms with Crippen LogP contribution in [-0.4, -0.2) is 40.2 Å². The molecule has 0 spiro atoms. The summed E-state index contributed by atoms with van der Waals surface area (Å²) in [6.45, 7) is 5.97. The number of hydrogen-bond donors (Lipinski definition) is 1. The summed E-state index contributed by atoms with van der Waals surface area (Å²) in [4.78, 5) is 2.93. The van der Waals surface area contributed by atoms with Crippen LogP contribution in [0.25, 0.3) is 0 Å². The van der Waals surface area contributed by atoms with Crippen molar-refractivity contribution in [1.29, 1.82) is 0 Å². The van der Waals surface area contributed by atoms with E-state index in [2.05, 4.69) is 11.8 Å². The topological polar surface area (TPSA) is 40.5 Å². The highest BCUT2D eigenvalue weighted by Crippen LogP contribution is 2.25. The van der Waals surface area contributed by atoms with Crippen LogP contribution in [-0.2, 0) is 10.8 Å². The average molecular weight is 283 g/mol. The van der Waals surface area contributed by atoms with E-state index in [1.807, 2.05) is 52.2 Å². The van der Waals surface area contributed by atoms with E-state index in [1.165, 1.54) is 0 Å². The lowest BCUT2D eigenvalue weighted by Crippen LogP contribution is -2.24. The van der Waals surface area contributed by atoms with Crippen LogP contribution >= 0.6 is 0 Å². The first-order valence-corrected chi connectivity index (χ1v) is 7.98. The highest BCUT2D eigenvalue weighted by atomic mass is 32.2. The lowest BCUT2D eigenvalue weighted by atomic mass is 10.1. The summed E-state index contributed by atoms with van der Waals surface area (Å²) < 4.78 is 12.4. The molecular weight excluding hydrogens is 258 g/mol. The molecule has 1 aromatic carbocycles. The molecule has 3 nitrogen and oxygen atoms in total. The molecule has 1 aromatic rings. The Morgan fingerprint density at radius 2 is 1.79 bits per heavy atom. The van der Waals surface area contributed by atoms with Crippen LogP contribution < -0.4 is 0 Å². The molecule has 19 heavy (non-hydrogen) atoms. The zero-order valence-corrected chi connectivity index (χ0v) is 13.3. The van der Waals surface area contributed by atoms with Gasteiger partial charge in [0.25, 0.3) is 0 Å². The quantitative estimate of drug-likeness (QED) is 0.872. The zero-order valence-electron chi connectivity index (χ0n) is 12.5. The van der Waals surface area contributed by atoms with Gasteiger partial charge in [-0.05, 0) is 38.6 Å². The predicted octanol–water partition coefficient (Wildman–Crippen LogP) is 2.43. The van der Waals surface area contributed by atoms with Gasteiger partial charge in [0, 0.05) is 10.9 Å². The van der Waals surface area contributed by atoms with Crippen molar-refractivity contribution in [1.82, 2.24) is 4.90 Å². The summed E-state index contributed by atoms with van der Waals surface area (Å²) in [6.07, 6.45) is -0.524. The first-order valence-electron chi connectivity index (χ1n) is 6.66. The summed E-state index contributed by atoms with van der Waals surface area (Å²) in [5.74, 6) is 0.428. The molecule has 0 saturated heterocycles. The second-order valence-electron chi connectivity index (χ2n) is 5.50. The first-order chi connectivity index (χ1) is 8.84. The molecule has 1 rings (SSSR count). The van der Waals surface area contributed by atoms with Gasteiger partial charge in [0.05, 0.1) is 22.7 Å². The molecule has 0 aliphatic rings. The van der Waals surface area contributed by atoms with Crippen LogP contribution in [0.15, 0.2) is 29.2 Å². The first kappa shape index (κ1) is 16.3. The van der Waals surface area contributed by atoms with Gasteiger partial charge in [-0.3, -0.25) is 4.21 Å². The van der Waals surface area contributed by atoms with Crippen LogP contribution in [0.5, 0.6) is 0 Å². The molecule has 0 aliphatic carbocycles. The number of benzene rings is 1. The Bertz CT molecular complexity index is 432. The van der Waals surface area contributed by atoms with E-state index in [0.717, 1.165) is 10.5 Å². The van der Waals surface area contributed by atoms with Crippen molar-refractivity contribution in [2.75, 3.05) is 19.8 Å². The molecular formula is C15H25NO2S. The van der Waals surface area contributed by atoms with Gasteiger partial charge in [-0.1, -0.05) is 32.0 Å². The van der Waals surface area contributed by atoms with Gasteiger partial charge in [-0.15, -0.1) is 0 Å². The second-order valence-corrected chi connectivity index (χ2v) is 6.97. The lowest BCUT2D eigenvalue weighted by molar-refractivity contribution is 0.148. The Morgan fingerprint density at radius 1 is 1.21 bits per heavy atom. The fourth-order valence-corrected chi connectivity index (χ4v) is 3.35. The minimum absolute atomic E-state index is 0.127. The molecule has 0 heterocycles. The molecule has 0 fully saturated rings. The largest absolute Gasteiger partial charge is 0.392 e. The van der Waals surface area contributed by atoms with Gasteiger partial charge in [0.15, 0.2) is 0 Å². The molecule has 0 bridgehead atoms. The maximum atomic E-state index is 12.4. The van der Waals surface area contributed by atoms with E-state index in [1.54, 1.807) is 0 Å². The molecule has 0 amide bonds. The van der Waals surface area contributed by atoms with Gasteiger partial charge in [0.2, 0.25) is 0 Å². The van der Waals surface area contributed by atoms with E-state index < -0.39 is 16.9 Å². The third kappa shape index (κ3) is 4.41. The third-order valence-corrected chi connectivity index (χ3v) is 4.99. The van der Waals surface area contributed by atoms with Gasteiger partial charge < -0.3 is 10.0 Å². The Hall–Kier alpha value is -0.710. The van der Waals surface area contributed by atoms with Gasteiger partial charge in [0.1, 0.15) is 0 Å². The maximum absolute atomic E-state index is 12.4. The van der Waals surface area contributed by atoms with Crippen LogP contribution in [0.2, 0.25) is 0 Å². The number of aliphatic hydroxyl groups is 1. The van der Waals surface area contributed by atoms with E-state index in [9.17, 15) is 9.32 Å². The van der Waals surface area contributed by atoms with E-state index in [0.29, 0.717) is 5.75 Å². The molecule has 0 aromatic heterocycles. The van der Waals surface area contributed by atoms with Gasteiger partial charge in [-0.25, -0.2) is 0 Å². The van der Waals surface area contributed by atoms with Crippen molar-refractivity contribution >= 4 is 10.8 Å². The standard InChI is InChI=1S/C15H25NO2S/c1-11(2)14(17)10-19(18)15-9-7-6-8-13(15)12(3)16(4)5/h6-9,11-12,14,17H,10H2,1-5H3/t12-,14+,19+/m1/s1. The molecule has 4 heteroatoms. The predicted molar refractivity (Wildman–Crippen MR) is 80.7 cm³/mol. The van der Waals surface area contributed by atoms with Crippen LogP contribution in [0.4, 0.5) is 0 Å². The Kier molecular flexibility index (Phi) is 6.17. The van der Waals surface area contributed by atoms with Gasteiger partial charge >= 0.3 is 0 Å². The summed E-state index contributed by atoms with van der Waals surface area (Å²) in [5.41, 5.74) is 1.07. The van der Waals surface area contributed by atoms with Crippen LogP contribution in [0.3, 0.4) is 0 Å². The fourth-order valence-electron chi connectivity index (χ4n) is 1.75. The second kappa shape index (κ2) is 7.17.